The van der Waals surface area contributed by atoms with Gasteiger partial charge in [-0.05, 0) is 56.3 Å². The van der Waals surface area contributed by atoms with Crippen LogP contribution in [0.25, 0.3) is 0 Å². The Balaban J connectivity index is 1.95. The van der Waals surface area contributed by atoms with Crippen molar-refractivity contribution in [1.29, 1.82) is 0 Å². The topological polar surface area (TPSA) is 70.2 Å². The molecule has 2 aromatic rings. The quantitative estimate of drug-likeness (QED) is 0.788. The summed E-state index contributed by atoms with van der Waals surface area (Å²) in [5.74, 6) is -0.144. The number of amides is 3. The second kappa shape index (κ2) is 7.65. The van der Waals surface area contributed by atoms with E-state index in [1.807, 2.05) is 13.8 Å². The Labute approximate surface area is 140 Å². The van der Waals surface area contributed by atoms with Gasteiger partial charge in [0.25, 0.3) is 5.91 Å². The minimum Gasteiger partial charge on any atom is -0.350 e. The van der Waals surface area contributed by atoms with E-state index in [0.717, 1.165) is 0 Å². The van der Waals surface area contributed by atoms with Gasteiger partial charge in [0, 0.05) is 28.0 Å². The third-order valence-corrected chi connectivity index (χ3v) is 3.14. The molecule has 0 unspecified atom stereocenters. The molecule has 0 aliphatic heterocycles. The van der Waals surface area contributed by atoms with Crippen LogP contribution in [0.3, 0.4) is 0 Å². The first kappa shape index (κ1) is 16.8. The van der Waals surface area contributed by atoms with Crippen LogP contribution in [0.2, 0.25) is 5.02 Å². The second-order valence-electron chi connectivity index (χ2n) is 5.29. The molecule has 3 amide bonds. The lowest BCUT2D eigenvalue weighted by Crippen LogP contribution is -2.30. The smallest absolute Gasteiger partial charge is 0.323 e. The highest BCUT2D eigenvalue weighted by atomic mass is 35.5. The number of hydrogen-bond donors (Lipinski definition) is 3. The molecule has 0 saturated carbocycles. The number of carbonyl (C=O) groups is 2. The van der Waals surface area contributed by atoms with Crippen LogP contribution in [0.1, 0.15) is 24.2 Å². The van der Waals surface area contributed by atoms with E-state index >= 15 is 0 Å². The second-order valence-corrected chi connectivity index (χ2v) is 5.73. The molecule has 0 saturated heterocycles. The third-order valence-electron chi connectivity index (χ3n) is 2.91. The molecule has 0 spiro atoms. The van der Waals surface area contributed by atoms with Crippen LogP contribution in [0.15, 0.2) is 48.5 Å². The summed E-state index contributed by atoms with van der Waals surface area (Å²) in [6, 6.07) is 13.2. The van der Waals surface area contributed by atoms with Gasteiger partial charge < -0.3 is 16.0 Å². The molecule has 0 heterocycles. The summed E-state index contributed by atoms with van der Waals surface area (Å²) in [7, 11) is 0. The summed E-state index contributed by atoms with van der Waals surface area (Å²) in [5, 5.41) is 8.72. The molecule has 120 valence electrons. The molecule has 2 aromatic carbocycles. The minimum absolute atomic E-state index is 0.0729. The van der Waals surface area contributed by atoms with Crippen molar-refractivity contribution in [2.75, 3.05) is 10.6 Å². The first-order valence-electron chi connectivity index (χ1n) is 7.18. The van der Waals surface area contributed by atoms with E-state index in [1.54, 1.807) is 48.5 Å². The maximum absolute atomic E-state index is 11.9. The van der Waals surface area contributed by atoms with E-state index in [2.05, 4.69) is 16.0 Å². The van der Waals surface area contributed by atoms with Crippen molar-refractivity contribution in [3.63, 3.8) is 0 Å². The number of anilines is 2. The highest BCUT2D eigenvalue weighted by Gasteiger charge is 2.08. The molecule has 3 N–H and O–H groups in total. The summed E-state index contributed by atoms with van der Waals surface area (Å²) in [4.78, 5) is 23.8. The SMILES string of the molecule is CC(C)NC(=O)c1ccc(NC(=O)Nc2cccc(Cl)c2)cc1. The van der Waals surface area contributed by atoms with Crippen molar-refractivity contribution in [1.82, 2.24) is 5.32 Å². The van der Waals surface area contributed by atoms with Gasteiger partial charge in [0.1, 0.15) is 0 Å². The number of rotatable bonds is 4. The van der Waals surface area contributed by atoms with Gasteiger partial charge in [-0.3, -0.25) is 4.79 Å². The fraction of sp³-hybridized carbons (Fsp3) is 0.176. The van der Waals surface area contributed by atoms with E-state index < -0.39 is 0 Å². The highest BCUT2D eigenvalue weighted by Crippen LogP contribution is 2.16. The summed E-state index contributed by atoms with van der Waals surface area (Å²) in [6.45, 7) is 3.79. The number of carbonyl (C=O) groups excluding carboxylic acids is 2. The van der Waals surface area contributed by atoms with Gasteiger partial charge in [-0.1, -0.05) is 17.7 Å². The average Bonchev–Trinajstić information content (AvgIpc) is 2.47. The van der Waals surface area contributed by atoms with Crippen LogP contribution in [-0.4, -0.2) is 18.0 Å². The summed E-state index contributed by atoms with van der Waals surface area (Å²) in [6.07, 6.45) is 0. The average molecular weight is 332 g/mol. The number of nitrogens with one attached hydrogen (secondary N) is 3. The molecule has 6 heteroatoms. The Kier molecular flexibility index (Phi) is 5.60. The molecule has 0 bridgehead atoms. The molecule has 23 heavy (non-hydrogen) atoms. The van der Waals surface area contributed by atoms with Crippen LogP contribution in [-0.2, 0) is 0 Å². The zero-order valence-electron chi connectivity index (χ0n) is 12.9. The summed E-state index contributed by atoms with van der Waals surface area (Å²) >= 11 is 5.86. The van der Waals surface area contributed by atoms with E-state index in [9.17, 15) is 9.59 Å². The molecule has 0 fully saturated rings. The van der Waals surface area contributed by atoms with Crippen molar-refractivity contribution in [3.05, 3.63) is 59.1 Å². The largest absolute Gasteiger partial charge is 0.350 e. The normalized spacial score (nSPS) is 10.3. The van der Waals surface area contributed by atoms with Gasteiger partial charge in [0.05, 0.1) is 0 Å². The van der Waals surface area contributed by atoms with E-state index in [-0.39, 0.29) is 18.0 Å². The lowest BCUT2D eigenvalue weighted by Gasteiger charge is -2.10. The van der Waals surface area contributed by atoms with E-state index in [4.69, 9.17) is 11.6 Å². The Morgan fingerprint density at radius 1 is 0.957 bits per heavy atom. The highest BCUT2D eigenvalue weighted by molar-refractivity contribution is 6.30. The number of benzene rings is 2. The Morgan fingerprint density at radius 3 is 2.22 bits per heavy atom. The monoisotopic (exact) mass is 331 g/mol. The number of urea groups is 1. The predicted octanol–water partition coefficient (Wildman–Crippen LogP) is 4.12. The maximum Gasteiger partial charge on any atom is 0.323 e. The maximum atomic E-state index is 11.9. The Bertz CT molecular complexity index is 699. The van der Waals surface area contributed by atoms with Crippen LogP contribution in [0.4, 0.5) is 16.2 Å². The molecular weight excluding hydrogens is 314 g/mol. The molecule has 0 radical (unpaired) electrons. The van der Waals surface area contributed by atoms with Crippen LogP contribution in [0.5, 0.6) is 0 Å². The van der Waals surface area contributed by atoms with Gasteiger partial charge in [0.2, 0.25) is 0 Å². The fourth-order valence-corrected chi connectivity index (χ4v) is 2.10. The van der Waals surface area contributed by atoms with E-state index in [1.165, 1.54) is 0 Å². The van der Waals surface area contributed by atoms with Crippen molar-refractivity contribution in [2.45, 2.75) is 19.9 Å². The molecule has 2 rings (SSSR count). The number of hydrogen-bond acceptors (Lipinski definition) is 2. The summed E-state index contributed by atoms with van der Waals surface area (Å²) < 4.78 is 0. The lowest BCUT2D eigenvalue weighted by atomic mass is 10.2. The van der Waals surface area contributed by atoms with Gasteiger partial charge in [-0.2, -0.15) is 0 Å². The van der Waals surface area contributed by atoms with Crippen LogP contribution >= 0.6 is 11.6 Å². The standard InChI is InChI=1S/C17H18ClN3O2/c1-11(2)19-16(22)12-6-8-14(9-7-12)20-17(23)21-15-5-3-4-13(18)10-15/h3-11H,1-2H3,(H,19,22)(H2,20,21,23). The minimum atomic E-state index is -0.383. The van der Waals surface area contributed by atoms with Gasteiger partial charge in [-0.25, -0.2) is 4.79 Å². The molecule has 0 atom stereocenters. The Morgan fingerprint density at radius 2 is 1.61 bits per heavy atom. The van der Waals surface area contributed by atoms with Gasteiger partial charge in [-0.15, -0.1) is 0 Å². The van der Waals surface area contributed by atoms with Gasteiger partial charge in [0.15, 0.2) is 0 Å². The molecule has 5 nitrogen and oxygen atoms in total. The van der Waals surface area contributed by atoms with Crippen molar-refractivity contribution < 1.29 is 9.59 Å². The van der Waals surface area contributed by atoms with Crippen molar-refractivity contribution in [2.24, 2.45) is 0 Å². The summed E-state index contributed by atoms with van der Waals surface area (Å²) in [5.41, 5.74) is 1.73. The zero-order chi connectivity index (χ0) is 16.8. The van der Waals surface area contributed by atoms with Crippen LogP contribution in [0, 0.1) is 0 Å². The predicted molar refractivity (Wildman–Crippen MR) is 93.1 cm³/mol. The van der Waals surface area contributed by atoms with Crippen LogP contribution < -0.4 is 16.0 Å². The first-order valence-corrected chi connectivity index (χ1v) is 7.56. The lowest BCUT2D eigenvalue weighted by molar-refractivity contribution is 0.0943. The van der Waals surface area contributed by atoms with Crippen molar-refractivity contribution in [3.8, 4) is 0 Å². The fourth-order valence-electron chi connectivity index (χ4n) is 1.91. The molecule has 0 aromatic heterocycles. The third kappa shape index (κ3) is 5.30. The number of halogens is 1. The molecular formula is C17H18ClN3O2. The van der Waals surface area contributed by atoms with Crippen molar-refractivity contribution >= 4 is 34.9 Å². The first-order chi connectivity index (χ1) is 10.9. The van der Waals surface area contributed by atoms with E-state index in [0.29, 0.717) is 22.0 Å². The zero-order valence-corrected chi connectivity index (χ0v) is 13.6. The molecule has 0 aliphatic carbocycles. The van der Waals surface area contributed by atoms with Gasteiger partial charge >= 0.3 is 6.03 Å². The molecule has 0 aliphatic rings. The Hall–Kier alpha value is -2.53.